The van der Waals surface area contributed by atoms with Gasteiger partial charge >= 0.3 is 6.09 Å². The largest absolute Gasteiger partial charge is 0.463 e. The summed E-state index contributed by atoms with van der Waals surface area (Å²) >= 11 is 0. The van der Waals surface area contributed by atoms with Gasteiger partial charge in [0, 0.05) is 37.6 Å². The van der Waals surface area contributed by atoms with E-state index in [2.05, 4.69) is 33.1 Å². The van der Waals surface area contributed by atoms with Gasteiger partial charge in [-0.15, -0.1) is 12.3 Å². The first-order valence-corrected chi connectivity index (χ1v) is 14.0. The van der Waals surface area contributed by atoms with Crippen molar-refractivity contribution in [1.82, 2.24) is 19.5 Å². The van der Waals surface area contributed by atoms with Gasteiger partial charge in [0.1, 0.15) is 5.52 Å². The van der Waals surface area contributed by atoms with E-state index < -0.39 is 6.09 Å². The van der Waals surface area contributed by atoms with Crippen molar-refractivity contribution in [2.75, 3.05) is 18.5 Å². The average molecular weight is 536 g/mol. The predicted molar refractivity (Wildman–Crippen MR) is 147 cm³/mol. The van der Waals surface area contributed by atoms with E-state index in [1.165, 1.54) is 6.42 Å². The third-order valence-corrected chi connectivity index (χ3v) is 8.61. The molecule has 208 valence electrons. The maximum absolute atomic E-state index is 13.8. The van der Waals surface area contributed by atoms with Crippen molar-refractivity contribution in [2.45, 2.75) is 77.3 Å². The van der Waals surface area contributed by atoms with E-state index in [1.54, 1.807) is 0 Å². The molecule has 0 bridgehead atoms. The van der Waals surface area contributed by atoms with E-state index in [1.807, 2.05) is 4.57 Å². The maximum atomic E-state index is 13.8. The number of nitrogens with zero attached hydrogens (tertiary/aromatic N) is 5. The molecule has 1 atom stereocenters. The van der Waals surface area contributed by atoms with Gasteiger partial charge in [-0.25, -0.2) is 19.7 Å². The van der Waals surface area contributed by atoms with Crippen LogP contribution in [0.1, 0.15) is 81.2 Å². The summed E-state index contributed by atoms with van der Waals surface area (Å²) in [7, 11) is 0. The topological polar surface area (TPSA) is 158 Å². The van der Waals surface area contributed by atoms with E-state index in [0.717, 1.165) is 38.5 Å². The summed E-state index contributed by atoms with van der Waals surface area (Å²) in [6.45, 7) is 3.81. The van der Waals surface area contributed by atoms with E-state index in [9.17, 15) is 9.59 Å². The number of imidazole rings is 1. The monoisotopic (exact) mass is 535 g/mol. The molecule has 0 spiro atoms. The van der Waals surface area contributed by atoms with Crippen LogP contribution in [0.25, 0.3) is 11.2 Å². The average Bonchev–Trinajstić information content (AvgIpc) is 3.26. The lowest BCUT2D eigenvalue weighted by atomic mass is 9.80. The van der Waals surface area contributed by atoms with Gasteiger partial charge in [0.05, 0.1) is 0 Å². The number of hydrogen-bond acceptors (Lipinski definition) is 7. The van der Waals surface area contributed by atoms with Gasteiger partial charge in [0.2, 0.25) is 5.78 Å². The van der Waals surface area contributed by atoms with Crippen LogP contribution in [0.4, 0.5) is 10.6 Å². The molecule has 1 unspecified atom stereocenters. The number of amidine groups is 1. The smallest absolute Gasteiger partial charge is 0.433 e. The maximum Gasteiger partial charge on any atom is 0.433 e. The zero-order valence-corrected chi connectivity index (χ0v) is 22.4. The third kappa shape index (κ3) is 5.91. The molecule has 2 aliphatic carbocycles. The van der Waals surface area contributed by atoms with Crippen LogP contribution in [-0.2, 0) is 11.3 Å². The fourth-order valence-electron chi connectivity index (χ4n) is 5.96. The molecule has 3 fully saturated rings. The second-order valence-electron chi connectivity index (χ2n) is 11.2. The molecule has 1 saturated heterocycles. The number of carbonyl (C=O) groups is 2. The van der Waals surface area contributed by atoms with Crippen molar-refractivity contribution in [3.63, 3.8) is 0 Å². The molecule has 11 nitrogen and oxygen atoms in total. The highest BCUT2D eigenvalue weighted by Gasteiger charge is 2.32. The Labute approximate surface area is 228 Å². The number of terminal acetylenes is 1. The van der Waals surface area contributed by atoms with Crippen LogP contribution >= 0.6 is 0 Å². The first-order valence-electron chi connectivity index (χ1n) is 14.0. The second-order valence-corrected chi connectivity index (χ2v) is 11.2. The van der Waals surface area contributed by atoms with Crippen LogP contribution in [0, 0.1) is 36.0 Å². The number of carboxylic acid groups (broad SMARTS) is 1. The molecule has 3 aliphatic rings. The molecule has 1 aliphatic heterocycles. The highest BCUT2D eigenvalue weighted by molar-refractivity contribution is 6.03. The Kier molecular flexibility index (Phi) is 8.12. The van der Waals surface area contributed by atoms with E-state index in [-0.39, 0.29) is 29.4 Å². The van der Waals surface area contributed by atoms with E-state index >= 15 is 0 Å². The zero-order valence-electron chi connectivity index (χ0n) is 22.4. The molecule has 2 aromatic heterocycles. The standard InChI is InChI=1S/C28H37N7O4/c1-3-17-7-9-18(10-8-17)15-35-21-24(30-16(2)19-5-4-6-19)32-26(23(29)31-28(37)38)33-25(21)34-27(35)22(36)20-11-13-39-14-12-20/h1,16-20H,4-15H2,2H3,(H2,29,31)(H,37,38)(H,30,32,33). The lowest BCUT2D eigenvalue weighted by molar-refractivity contribution is 0.0534. The summed E-state index contributed by atoms with van der Waals surface area (Å²) in [6, 6.07) is 0.117. The number of carbonyl (C=O) groups excluding carboxylic acids is 1. The predicted octanol–water partition coefficient (Wildman–Crippen LogP) is 3.86. The fraction of sp³-hybridized carbons (Fsp3) is 0.643. The van der Waals surface area contributed by atoms with E-state index in [4.69, 9.17) is 27.0 Å². The van der Waals surface area contributed by atoms with Gasteiger partial charge in [-0.3, -0.25) is 4.79 Å². The zero-order chi connectivity index (χ0) is 27.5. The number of ketones is 1. The summed E-state index contributed by atoms with van der Waals surface area (Å²) in [4.78, 5) is 42.3. The Morgan fingerprint density at radius 2 is 1.87 bits per heavy atom. The Hall–Kier alpha value is -3.52. The minimum absolute atomic E-state index is 0.0275. The van der Waals surface area contributed by atoms with Gasteiger partial charge < -0.3 is 25.5 Å². The number of hydrogen-bond donors (Lipinski definition) is 3. The SMILES string of the molecule is C#CC1CCC(Cn2c(C(=O)C3CCOCC3)nc3nc(C(N)=NC(=O)O)nc(NC(C)C4CCC4)c32)CC1. The van der Waals surface area contributed by atoms with Crippen LogP contribution in [0.5, 0.6) is 0 Å². The first-order chi connectivity index (χ1) is 18.8. The second kappa shape index (κ2) is 11.7. The Morgan fingerprint density at radius 3 is 2.49 bits per heavy atom. The minimum atomic E-state index is -1.43. The number of fused-ring (bicyclic) bond motifs is 1. The third-order valence-electron chi connectivity index (χ3n) is 8.61. The highest BCUT2D eigenvalue weighted by Crippen LogP contribution is 2.35. The van der Waals surface area contributed by atoms with Gasteiger partial charge in [-0.2, -0.15) is 4.99 Å². The van der Waals surface area contributed by atoms with Gasteiger partial charge in [-0.1, -0.05) is 6.42 Å². The van der Waals surface area contributed by atoms with Gasteiger partial charge in [0.15, 0.2) is 28.9 Å². The fourth-order valence-corrected chi connectivity index (χ4v) is 5.96. The molecule has 1 amide bonds. The molecule has 0 aromatic carbocycles. The Morgan fingerprint density at radius 1 is 1.15 bits per heavy atom. The van der Waals surface area contributed by atoms with Crippen molar-refractivity contribution in [3.8, 4) is 12.3 Å². The quantitative estimate of drug-likeness (QED) is 0.197. The molecule has 3 heterocycles. The highest BCUT2D eigenvalue weighted by atomic mass is 16.5. The van der Waals surface area contributed by atoms with E-state index in [0.29, 0.717) is 73.2 Å². The number of anilines is 1. The first kappa shape index (κ1) is 27.1. The molecule has 4 N–H and O–H groups in total. The van der Waals surface area contributed by atoms with Crippen molar-refractivity contribution >= 4 is 34.7 Å². The summed E-state index contributed by atoms with van der Waals surface area (Å²) < 4.78 is 7.47. The Bertz CT molecular complexity index is 1300. The number of aromatic nitrogens is 4. The molecule has 39 heavy (non-hydrogen) atoms. The summed E-state index contributed by atoms with van der Waals surface area (Å²) in [5.41, 5.74) is 6.91. The summed E-state index contributed by atoms with van der Waals surface area (Å²) in [6.07, 6.45) is 12.9. The van der Waals surface area contributed by atoms with Crippen molar-refractivity contribution in [2.24, 2.45) is 34.4 Å². The lowest BCUT2D eigenvalue weighted by Gasteiger charge is -2.32. The number of nitrogens with two attached hydrogens (primary N) is 1. The molecule has 11 heteroatoms. The number of rotatable bonds is 8. The number of ether oxygens (including phenoxy) is 1. The van der Waals surface area contributed by atoms with Crippen LogP contribution < -0.4 is 11.1 Å². The number of amides is 1. The number of aliphatic imine (C=N–C) groups is 1. The van der Waals surface area contributed by atoms with Crippen molar-refractivity contribution in [3.05, 3.63) is 11.6 Å². The molecule has 2 aromatic rings. The minimum Gasteiger partial charge on any atom is -0.463 e. The number of nitrogens with one attached hydrogen (secondary N) is 1. The van der Waals surface area contributed by atoms with Crippen molar-refractivity contribution < 1.29 is 19.4 Å². The molecule has 0 radical (unpaired) electrons. The van der Waals surface area contributed by atoms with Crippen LogP contribution in [0.2, 0.25) is 0 Å². The summed E-state index contributed by atoms with van der Waals surface area (Å²) in [5, 5.41) is 12.7. The number of Topliss-reactive ketones (excluding diaryl/α,β-unsaturated/α-hetero) is 1. The van der Waals surface area contributed by atoms with Crippen LogP contribution in [0.3, 0.4) is 0 Å². The Balaban J connectivity index is 1.61. The van der Waals surface area contributed by atoms with Crippen molar-refractivity contribution in [1.29, 1.82) is 0 Å². The lowest BCUT2D eigenvalue weighted by Crippen LogP contribution is -2.32. The summed E-state index contributed by atoms with van der Waals surface area (Å²) in [5.74, 6) is 4.32. The van der Waals surface area contributed by atoms with Crippen LogP contribution in [0.15, 0.2) is 4.99 Å². The molecule has 5 rings (SSSR count). The molecular formula is C28H37N7O4. The normalized spacial score (nSPS) is 23.6. The van der Waals surface area contributed by atoms with Gasteiger partial charge in [-0.05, 0) is 70.1 Å². The van der Waals surface area contributed by atoms with Crippen LogP contribution in [-0.4, -0.2) is 61.6 Å². The van der Waals surface area contributed by atoms with Gasteiger partial charge in [0.25, 0.3) is 0 Å². The molecular weight excluding hydrogens is 498 g/mol. The molecule has 2 saturated carbocycles.